The van der Waals surface area contributed by atoms with Crippen LogP contribution in [-0.2, 0) is 4.74 Å². The van der Waals surface area contributed by atoms with E-state index in [0.717, 1.165) is 49.9 Å². The number of aliphatic hydroxyl groups is 1. The molecule has 1 N–H and O–H groups in total. The number of piperidine rings is 1. The SMILES string of the molecule is CC1CCN(C[C@H](O)COCCC23CC4CC(CC(C4)C2)C3)CC1. The fraction of sp³-hybridized carbons (Fsp3) is 1.00. The highest BCUT2D eigenvalue weighted by Gasteiger charge is 2.50. The lowest BCUT2D eigenvalue weighted by Crippen LogP contribution is -2.46. The largest absolute Gasteiger partial charge is 0.389 e. The van der Waals surface area contributed by atoms with E-state index in [1.165, 1.54) is 57.8 Å². The molecule has 0 aromatic rings. The van der Waals surface area contributed by atoms with E-state index in [-0.39, 0.29) is 6.10 Å². The molecule has 5 rings (SSSR count). The third kappa shape index (κ3) is 3.99. The first-order valence-electron chi connectivity index (χ1n) is 10.6. The predicted molar refractivity (Wildman–Crippen MR) is 96.9 cm³/mol. The molecule has 138 valence electrons. The lowest BCUT2D eigenvalue weighted by Gasteiger charge is -2.57. The Bertz CT molecular complexity index is 381. The van der Waals surface area contributed by atoms with Crippen LogP contribution in [0.4, 0.5) is 0 Å². The smallest absolute Gasteiger partial charge is 0.0900 e. The quantitative estimate of drug-likeness (QED) is 0.720. The molecule has 4 bridgehead atoms. The first-order chi connectivity index (χ1) is 11.6. The molecular weight excluding hydrogens is 298 g/mol. The fourth-order valence-corrected chi connectivity index (χ4v) is 6.70. The summed E-state index contributed by atoms with van der Waals surface area (Å²) in [4.78, 5) is 2.41. The van der Waals surface area contributed by atoms with Gasteiger partial charge in [0, 0.05) is 13.2 Å². The van der Waals surface area contributed by atoms with Gasteiger partial charge in [0.05, 0.1) is 12.7 Å². The van der Waals surface area contributed by atoms with Crippen LogP contribution < -0.4 is 0 Å². The average Bonchev–Trinajstić information content (AvgIpc) is 2.53. The van der Waals surface area contributed by atoms with Crippen molar-refractivity contribution in [2.75, 3.05) is 32.8 Å². The second kappa shape index (κ2) is 7.25. The van der Waals surface area contributed by atoms with Crippen molar-refractivity contribution in [3.63, 3.8) is 0 Å². The van der Waals surface area contributed by atoms with Crippen LogP contribution in [0.15, 0.2) is 0 Å². The summed E-state index contributed by atoms with van der Waals surface area (Å²) >= 11 is 0. The maximum atomic E-state index is 10.3. The number of nitrogens with zero attached hydrogens (tertiary/aromatic N) is 1. The normalized spacial score (nSPS) is 41.0. The van der Waals surface area contributed by atoms with E-state index in [1.807, 2.05) is 0 Å². The van der Waals surface area contributed by atoms with Gasteiger partial charge in [-0.3, -0.25) is 0 Å². The van der Waals surface area contributed by atoms with Crippen molar-refractivity contribution in [1.82, 2.24) is 4.90 Å². The van der Waals surface area contributed by atoms with E-state index in [4.69, 9.17) is 4.74 Å². The number of aliphatic hydroxyl groups excluding tert-OH is 1. The van der Waals surface area contributed by atoms with Crippen molar-refractivity contribution in [2.45, 2.75) is 70.8 Å². The molecule has 3 nitrogen and oxygen atoms in total. The molecule has 0 radical (unpaired) electrons. The molecule has 24 heavy (non-hydrogen) atoms. The Morgan fingerprint density at radius 1 is 1.04 bits per heavy atom. The zero-order chi connectivity index (χ0) is 16.6. The minimum absolute atomic E-state index is 0.310. The molecule has 0 aromatic carbocycles. The van der Waals surface area contributed by atoms with Crippen LogP contribution in [0.1, 0.15) is 64.7 Å². The topological polar surface area (TPSA) is 32.7 Å². The van der Waals surface area contributed by atoms with Crippen LogP contribution in [0.25, 0.3) is 0 Å². The van der Waals surface area contributed by atoms with Crippen LogP contribution in [-0.4, -0.2) is 49.0 Å². The third-order valence-corrected chi connectivity index (χ3v) is 7.60. The van der Waals surface area contributed by atoms with Gasteiger partial charge in [0.1, 0.15) is 0 Å². The van der Waals surface area contributed by atoms with Gasteiger partial charge in [-0.15, -0.1) is 0 Å². The van der Waals surface area contributed by atoms with Crippen molar-refractivity contribution in [2.24, 2.45) is 29.1 Å². The van der Waals surface area contributed by atoms with Gasteiger partial charge in [0.15, 0.2) is 0 Å². The van der Waals surface area contributed by atoms with Crippen molar-refractivity contribution in [1.29, 1.82) is 0 Å². The third-order valence-electron chi connectivity index (χ3n) is 7.60. The second-order valence-electron chi connectivity index (χ2n) is 9.88. The van der Waals surface area contributed by atoms with Gasteiger partial charge < -0.3 is 14.7 Å². The minimum atomic E-state index is -0.310. The summed E-state index contributed by atoms with van der Waals surface area (Å²) in [6.45, 7) is 6.81. The molecule has 1 heterocycles. The van der Waals surface area contributed by atoms with Gasteiger partial charge >= 0.3 is 0 Å². The van der Waals surface area contributed by atoms with Gasteiger partial charge in [0.25, 0.3) is 0 Å². The van der Waals surface area contributed by atoms with Crippen molar-refractivity contribution in [3.05, 3.63) is 0 Å². The molecular formula is C21H37NO2. The number of hydrogen-bond donors (Lipinski definition) is 1. The summed E-state index contributed by atoms with van der Waals surface area (Å²) in [5.41, 5.74) is 0.614. The lowest BCUT2D eigenvalue weighted by molar-refractivity contribution is -0.0743. The molecule has 3 heteroatoms. The van der Waals surface area contributed by atoms with Crippen LogP contribution in [0.5, 0.6) is 0 Å². The molecule has 0 spiro atoms. The molecule has 1 aliphatic heterocycles. The van der Waals surface area contributed by atoms with E-state index in [0.29, 0.717) is 12.0 Å². The minimum Gasteiger partial charge on any atom is -0.389 e. The predicted octanol–water partition coefficient (Wildman–Crippen LogP) is 3.70. The summed E-state index contributed by atoms with van der Waals surface area (Å²) < 4.78 is 5.92. The van der Waals surface area contributed by atoms with Crippen LogP contribution in [0.2, 0.25) is 0 Å². The summed E-state index contributed by atoms with van der Waals surface area (Å²) in [6.07, 6.45) is 12.5. The number of rotatable bonds is 7. The molecule has 1 atom stereocenters. The molecule has 0 amide bonds. The summed E-state index contributed by atoms with van der Waals surface area (Å²) in [7, 11) is 0. The number of ether oxygens (including phenoxy) is 1. The fourth-order valence-electron chi connectivity index (χ4n) is 6.70. The van der Waals surface area contributed by atoms with Crippen molar-refractivity contribution < 1.29 is 9.84 Å². The monoisotopic (exact) mass is 335 g/mol. The van der Waals surface area contributed by atoms with Crippen LogP contribution in [0.3, 0.4) is 0 Å². The van der Waals surface area contributed by atoms with Gasteiger partial charge in [-0.25, -0.2) is 0 Å². The van der Waals surface area contributed by atoms with Crippen molar-refractivity contribution in [3.8, 4) is 0 Å². The van der Waals surface area contributed by atoms with E-state index in [1.54, 1.807) is 0 Å². The highest BCUT2D eigenvalue weighted by atomic mass is 16.5. The molecule has 4 saturated carbocycles. The number of hydrogen-bond acceptors (Lipinski definition) is 3. The summed E-state index contributed by atoms with van der Waals surface area (Å²) in [6, 6.07) is 0. The maximum absolute atomic E-state index is 10.3. The average molecular weight is 336 g/mol. The summed E-state index contributed by atoms with van der Waals surface area (Å²) in [5, 5.41) is 10.3. The second-order valence-corrected chi connectivity index (χ2v) is 9.88. The van der Waals surface area contributed by atoms with E-state index in [9.17, 15) is 5.11 Å². The van der Waals surface area contributed by atoms with E-state index < -0.39 is 0 Å². The van der Waals surface area contributed by atoms with Crippen LogP contribution >= 0.6 is 0 Å². The molecule has 4 aliphatic carbocycles. The van der Waals surface area contributed by atoms with Crippen molar-refractivity contribution >= 4 is 0 Å². The first kappa shape index (κ1) is 17.3. The van der Waals surface area contributed by atoms with E-state index in [2.05, 4.69) is 11.8 Å². The Kier molecular flexibility index (Phi) is 5.22. The maximum Gasteiger partial charge on any atom is 0.0900 e. The first-order valence-corrected chi connectivity index (χ1v) is 10.6. The number of likely N-dealkylation sites (tertiary alicyclic amines) is 1. The Labute approximate surface area is 148 Å². The highest BCUT2D eigenvalue weighted by Crippen LogP contribution is 2.61. The zero-order valence-electron chi connectivity index (χ0n) is 15.6. The van der Waals surface area contributed by atoms with Gasteiger partial charge in [-0.05, 0) is 100.0 Å². The Morgan fingerprint density at radius 2 is 1.62 bits per heavy atom. The van der Waals surface area contributed by atoms with Gasteiger partial charge in [-0.2, -0.15) is 0 Å². The Morgan fingerprint density at radius 3 is 2.21 bits per heavy atom. The molecule has 0 unspecified atom stereocenters. The van der Waals surface area contributed by atoms with Crippen LogP contribution in [0, 0.1) is 29.1 Å². The molecule has 0 aromatic heterocycles. The van der Waals surface area contributed by atoms with Gasteiger partial charge in [0.2, 0.25) is 0 Å². The highest BCUT2D eigenvalue weighted by molar-refractivity contribution is 5.01. The Balaban J connectivity index is 1.14. The van der Waals surface area contributed by atoms with E-state index >= 15 is 0 Å². The zero-order valence-corrected chi connectivity index (χ0v) is 15.6. The summed E-state index contributed by atoms with van der Waals surface area (Å²) in [5.74, 6) is 3.95. The van der Waals surface area contributed by atoms with Gasteiger partial charge in [-0.1, -0.05) is 6.92 Å². The molecule has 5 fully saturated rings. The molecule has 1 saturated heterocycles. The lowest BCUT2D eigenvalue weighted by atomic mass is 9.49. The standard InChI is InChI=1S/C21H37NO2/c1-16-2-5-22(6-3-16)14-20(23)15-24-7-4-21-11-17-8-18(12-21)10-19(9-17)13-21/h16-20,23H,2-15H2,1H3/t17?,18?,19?,20-,21?/m0/s1. The molecule has 5 aliphatic rings. The number of β-amino-alcohol motifs (C(OH)–C–C–N with tert-alkyl or cyclic N) is 1. The Hall–Kier alpha value is -0.120.